The van der Waals surface area contributed by atoms with E-state index < -0.39 is 29.6 Å². The lowest BCUT2D eigenvalue weighted by Gasteiger charge is -2.29. The summed E-state index contributed by atoms with van der Waals surface area (Å²) in [6.07, 6.45) is 2.64. The van der Waals surface area contributed by atoms with Crippen LogP contribution in [0.5, 0.6) is 0 Å². The fourth-order valence-corrected chi connectivity index (χ4v) is 4.19. The van der Waals surface area contributed by atoms with Crippen LogP contribution in [-0.4, -0.2) is 47.7 Å². The zero-order chi connectivity index (χ0) is 19.9. The molecule has 7 nitrogen and oxygen atoms in total. The Morgan fingerprint density at radius 2 is 2.00 bits per heavy atom. The van der Waals surface area contributed by atoms with E-state index in [9.17, 15) is 14.4 Å². The van der Waals surface area contributed by atoms with Crippen molar-refractivity contribution in [1.82, 2.24) is 10.2 Å². The summed E-state index contributed by atoms with van der Waals surface area (Å²) in [4.78, 5) is 39.3. The van der Waals surface area contributed by atoms with Crippen LogP contribution in [0.3, 0.4) is 0 Å². The van der Waals surface area contributed by atoms with Gasteiger partial charge in [0.25, 0.3) is 0 Å². The molecule has 148 valence electrons. The van der Waals surface area contributed by atoms with E-state index in [-0.39, 0.29) is 30.8 Å². The van der Waals surface area contributed by atoms with Gasteiger partial charge in [0.1, 0.15) is 5.60 Å². The molecule has 1 N–H and O–H groups in total. The first-order chi connectivity index (χ1) is 13.4. The molecule has 4 rings (SSSR count). The topological polar surface area (TPSA) is 84.9 Å². The van der Waals surface area contributed by atoms with Crippen molar-refractivity contribution in [3.63, 3.8) is 0 Å². The van der Waals surface area contributed by atoms with Crippen molar-refractivity contribution in [2.24, 2.45) is 17.8 Å². The Hall–Kier alpha value is -2.67. The first-order valence-electron chi connectivity index (χ1n) is 9.58. The van der Waals surface area contributed by atoms with Crippen LogP contribution >= 0.6 is 0 Å². The molecule has 4 atom stereocenters. The molecule has 2 bridgehead atoms. The molecule has 3 amide bonds. The van der Waals surface area contributed by atoms with Gasteiger partial charge in [0.15, 0.2) is 0 Å². The molecule has 2 saturated heterocycles. The predicted molar refractivity (Wildman–Crippen MR) is 99.9 cm³/mol. The number of carbonyl (C=O) groups excluding carboxylic acids is 3. The zero-order valence-corrected chi connectivity index (χ0v) is 16.0. The smallest absolute Gasteiger partial charge is 0.407 e. The standard InChI is InChI=1S/C21H24N2O5/c1-13(2)11-27-20(26)22-12-21-9-8-15(28-21)16-17(21)19(25)23(18(16)24)10-14-6-4-3-5-7-14/h3-9,13,15-17H,10-12H2,1-2H3,(H,22,26)/t15-,16+,17+,21+/m0/s1. The van der Waals surface area contributed by atoms with Crippen molar-refractivity contribution in [3.8, 4) is 0 Å². The number of nitrogens with one attached hydrogen (secondary N) is 1. The number of imide groups is 1. The maximum Gasteiger partial charge on any atom is 0.407 e. The van der Waals surface area contributed by atoms with E-state index in [2.05, 4.69) is 5.32 Å². The van der Waals surface area contributed by atoms with Crippen LogP contribution in [0, 0.1) is 17.8 Å². The van der Waals surface area contributed by atoms with Crippen LogP contribution in [-0.2, 0) is 25.6 Å². The number of hydrogen-bond donors (Lipinski definition) is 1. The van der Waals surface area contributed by atoms with Crippen molar-refractivity contribution < 1.29 is 23.9 Å². The zero-order valence-electron chi connectivity index (χ0n) is 16.0. The van der Waals surface area contributed by atoms with E-state index in [1.165, 1.54) is 4.90 Å². The van der Waals surface area contributed by atoms with E-state index in [0.29, 0.717) is 6.61 Å². The molecule has 3 heterocycles. The summed E-state index contributed by atoms with van der Waals surface area (Å²) in [5, 5.41) is 2.69. The van der Waals surface area contributed by atoms with Crippen LogP contribution in [0.2, 0.25) is 0 Å². The highest BCUT2D eigenvalue weighted by Crippen LogP contribution is 2.51. The van der Waals surface area contributed by atoms with Gasteiger partial charge in [0.2, 0.25) is 11.8 Å². The van der Waals surface area contributed by atoms with Gasteiger partial charge in [-0.15, -0.1) is 0 Å². The molecule has 0 aromatic heterocycles. The van der Waals surface area contributed by atoms with Crippen LogP contribution in [0.25, 0.3) is 0 Å². The first-order valence-corrected chi connectivity index (χ1v) is 9.58. The molecule has 0 spiro atoms. The summed E-state index contributed by atoms with van der Waals surface area (Å²) in [5.74, 6) is -1.38. The summed E-state index contributed by atoms with van der Waals surface area (Å²) in [7, 11) is 0. The predicted octanol–water partition coefficient (Wildman–Crippen LogP) is 1.88. The van der Waals surface area contributed by atoms with Gasteiger partial charge < -0.3 is 14.8 Å². The Balaban J connectivity index is 1.48. The summed E-state index contributed by atoms with van der Waals surface area (Å²) >= 11 is 0. The number of likely N-dealkylation sites (tertiary alicyclic amines) is 1. The molecule has 3 aliphatic rings. The molecule has 7 heteroatoms. The SMILES string of the molecule is CC(C)COC(=O)NC[C@@]12C=C[C@H](O1)[C@H]1C(=O)N(Cc3ccccc3)C(=O)[C@@H]12. The van der Waals surface area contributed by atoms with E-state index >= 15 is 0 Å². The highest BCUT2D eigenvalue weighted by atomic mass is 16.6. The van der Waals surface area contributed by atoms with Gasteiger partial charge in [0.05, 0.1) is 37.6 Å². The van der Waals surface area contributed by atoms with Gasteiger partial charge in [-0.3, -0.25) is 14.5 Å². The monoisotopic (exact) mass is 384 g/mol. The number of ether oxygens (including phenoxy) is 2. The largest absolute Gasteiger partial charge is 0.449 e. The molecule has 0 saturated carbocycles. The van der Waals surface area contributed by atoms with Crippen LogP contribution < -0.4 is 5.32 Å². The van der Waals surface area contributed by atoms with Gasteiger partial charge >= 0.3 is 6.09 Å². The number of rotatable bonds is 6. The van der Waals surface area contributed by atoms with E-state index in [1.54, 1.807) is 6.08 Å². The summed E-state index contributed by atoms with van der Waals surface area (Å²) < 4.78 is 11.1. The summed E-state index contributed by atoms with van der Waals surface area (Å²) in [5.41, 5.74) is -0.0977. The lowest BCUT2D eigenvalue weighted by molar-refractivity contribution is -0.144. The number of carbonyl (C=O) groups is 3. The second kappa shape index (κ2) is 7.05. The highest BCUT2D eigenvalue weighted by molar-refractivity contribution is 6.07. The van der Waals surface area contributed by atoms with Gasteiger partial charge in [-0.05, 0) is 11.5 Å². The maximum atomic E-state index is 13.1. The van der Waals surface area contributed by atoms with Crippen molar-refractivity contribution in [2.45, 2.75) is 32.1 Å². The van der Waals surface area contributed by atoms with Crippen molar-refractivity contribution in [1.29, 1.82) is 0 Å². The third-order valence-corrected chi connectivity index (χ3v) is 5.49. The number of benzene rings is 1. The van der Waals surface area contributed by atoms with Gasteiger partial charge in [-0.1, -0.05) is 56.3 Å². The van der Waals surface area contributed by atoms with Crippen molar-refractivity contribution in [2.75, 3.05) is 13.2 Å². The average Bonchev–Trinajstić information content (AvgIpc) is 3.32. The second-order valence-electron chi connectivity index (χ2n) is 7.99. The fourth-order valence-electron chi connectivity index (χ4n) is 4.19. The molecule has 28 heavy (non-hydrogen) atoms. The molecule has 2 fully saturated rings. The van der Waals surface area contributed by atoms with E-state index in [0.717, 1.165) is 5.56 Å². The maximum absolute atomic E-state index is 13.1. The minimum absolute atomic E-state index is 0.0935. The van der Waals surface area contributed by atoms with E-state index in [1.807, 2.05) is 50.3 Å². The van der Waals surface area contributed by atoms with Crippen molar-refractivity contribution in [3.05, 3.63) is 48.0 Å². The lowest BCUT2D eigenvalue weighted by atomic mass is 9.77. The lowest BCUT2D eigenvalue weighted by Crippen LogP contribution is -2.48. The molecule has 0 aliphatic carbocycles. The highest BCUT2D eigenvalue weighted by Gasteiger charge is 2.67. The van der Waals surface area contributed by atoms with Crippen LogP contribution in [0.4, 0.5) is 4.79 Å². The first kappa shape index (κ1) is 18.7. The summed E-state index contributed by atoms with van der Waals surface area (Å²) in [6, 6.07) is 9.43. The van der Waals surface area contributed by atoms with Crippen molar-refractivity contribution >= 4 is 17.9 Å². The Labute approximate surface area is 163 Å². The number of hydrogen-bond acceptors (Lipinski definition) is 5. The molecule has 0 unspecified atom stereocenters. The van der Waals surface area contributed by atoms with Crippen LogP contribution in [0.1, 0.15) is 19.4 Å². The average molecular weight is 384 g/mol. The Bertz CT molecular complexity index is 821. The second-order valence-corrected chi connectivity index (χ2v) is 7.99. The normalized spacial score (nSPS) is 30.2. The minimum atomic E-state index is -0.996. The van der Waals surface area contributed by atoms with Gasteiger partial charge in [-0.25, -0.2) is 4.79 Å². The van der Waals surface area contributed by atoms with Gasteiger partial charge in [0, 0.05) is 0 Å². The van der Waals surface area contributed by atoms with Gasteiger partial charge in [-0.2, -0.15) is 0 Å². The number of nitrogens with zero attached hydrogens (tertiary/aromatic N) is 1. The third-order valence-electron chi connectivity index (χ3n) is 5.49. The third kappa shape index (κ3) is 3.09. The fraction of sp³-hybridized carbons (Fsp3) is 0.476. The number of amides is 3. The molecular formula is C21H24N2O5. The molecule has 3 aliphatic heterocycles. The van der Waals surface area contributed by atoms with Crippen LogP contribution in [0.15, 0.2) is 42.5 Å². The Kier molecular flexibility index (Phi) is 4.71. The molecule has 0 radical (unpaired) electrons. The summed E-state index contributed by atoms with van der Waals surface area (Å²) in [6.45, 7) is 4.55. The molecular weight excluding hydrogens is 360 g/mol. The number of alkyl carbamates (subject to hydrolysis) is 1. The minimum Gasteiger partial charge on any atom is -0.449 e. The molecule has 1 aromatic rings. The number of fused-ring (bicyclic) bond motifs is 5. The molecule has 1 aromatic carbocycles. The Morgan fingerprint density at radius 3 is 2.71 bits per heavy atom. The van der Waals surface area contributed by atoms with E-state index in [4.69, 9.17) is 9.47 Å². The Morgan fingerprint density at radius 1 is 1.25 bits per heavy atom. The quantitative estimate of drug-likeness (QED) is 0.598.